The quantitative estimate of drug-likeness (QED) is 0.430. The monoisotopic (exact) mass is 577 g/mol. The fourth-order valence-corrected chi connectivity index (χ4v) is 7.46. The third-order valence-corrected chi connectivity index (χ3v) is 9.34. The van der Waals surface area contributed by atoms with E-state index in [1.807, 2.05) is 44.2 Å². The van der Waals surface area contributed by atoms with Crippen LogP contribution in [-0.4, -0.2) is 71.2 Å². The van der Waals surface area contributed by atoms with Crippen LogP contribution in [0, 0.1) is 17.8 Å². The van der Waals surface area contributed by atoms with Crippen molar-refractivity contribution in [1.82, 2.24) is 4.90 Å². The van der Waals surface area contributed by atoms with Gasteiger partial charge in [-0.1, -0.05) is 61.0 Å². The van der Waals surface area contributed by atoms with Crippen LogP contribution >= 0.6 is 11.6 Å². The molecule has 3 saturated heterocycles. The van der Waals surface area contributed by atoms with Crippen molar-refractivity contribution in [2.45, 2.75) is 37.5 Å². The number of halogens is 1. The minimum atomic E-state index is -1.25. The van der Waals surface area contributed by atoms with Crippen molar-refractivity contribution in [3.63, 3.8) is 0 Å². The molecule has 3 heterocycles. The smallest absolute Gasteiger partial charge is 0.253 e. The molecule has 3 unspecified atom stereocenters. The number of nitrogens with zero attached hydrogens (tertiary/aromatic N) is 3. The van der Waals surface area contributed by atoms with Crippen molar-refractivity contribution in [1.29, 1.82) is 0 Å². The Labute approximate surface area is 245 Å². The molecule has 5 rings (SSSR count). The number of ether oxygens (including phenoxy) is 1. The summed E-state index contributed by atoms with van der Waals surface area (Å²) in [5.41, 5.74) is -1.07. The van der Waals surface area contributed by atoms with E-state index in [2.05, 4.69) is 13.2 Å². The standard InChI is InChI=1S/C32H36ClN3O5/c1-5-16-34(22-12-8-7-9-13-22)28(38)25-26-29(39)36(18-19-37)27(32(26)20-21(3)31(25,4)41-32)30(40)35(17-6-2)24-15-11-10-14-23(24)33/h5-15,21,25-27,37H,1-2,16-20H2,3-4H3/t21?,25-,26+,27?,31+,32?/m1/s1. The lowest BCUT2D eigenvalue weighted by atomic mass is 9.62. The van der Waals surface area contributed by atoms with Crippen LogP contribution in [0.1, 0.15) is 20.3 Å². The molecule has 2 aromatic rings. The van der Waals surface area contributed by atoms with Gasteiger partial charge in [0.05, 0.1) is 34.8 Å². The Bertz CT molecular complexity index is 1370. The second kappa shape index (κ2) is 11.1. The van der Waals surface area contributed by atoms with Gasteiger partial charge in [0.25, 0.3) is 5.91 Å². The van der Waals surface area contributed by atoms with Gasteiger partial charge in [-0.15, -0.1) is 13.2 Å². The van der Waals surface area contributed by atoms with E-state index in [1.165, 1.54) is 9.80 Å². The van der Waals surface area contributed by atoms with Crippen LogP contribution < -0.4 is 9.80 Å². The van der Waals surface area contributed by atoms with Crippen molar-refractivity contribution in [2.24, 2.45) is 17.8 Å². The van der Waals surface area contributed by atoms with E-state index in [0.717, 1.165) is 0 Å². The summed E-state index contributed by atoms with van der Waals surface area (Å²) in [7, 11) is 0. The normalized spacial score (nSPS) is 29.8. The number of rotatable bonds is 10. The zero-order valence-corrected chi connectivity index (χ0v) is 24.2. The average molecular weight is 578 g/mol. The van der Waals surface area contributed by atoms with Gasteiger partial charge in [0, 0.05) is 25.3 Å². The first-order chi connectivity index (χ1) is 19.7. The number of hydrogen-bond donors (Lipinski definition) is 1. The molecule has 1 N–H and O–H groups in total. The van der Waals surface area contributed by atoms with Gasteiger partial charge in [-0.2, -0.15) is 0 Å². The van der Waals surface area contributed by atoms with Crippen molar-refractivity contribution in [3.8, 4) is 0 Å². The summed E-state index contributed by atoms with van der Waals surface area (Å²) < 4.78 is 6.83. The lowest BCUT2D eigenvalue weighted by Gasteiger charge is -2.39. The van der Waals surface area contributed by atoms with Gasteiger partial charge in [-0.25, -0.2) is 0 Å². The predicted molar refractivity (Wildman–Crippen MR) is 159 cm³/mol. The zero-order valence-electron chi connectivity index (χ0n) is 23.4. The molecule has 1 spiro atoms. The fraction of sp³-hybridized carbons (Fsp3) is 0.406. The number of β-amino-alcohol motifs (C(OH)–C–C–N with tert-alkyl or cyclic N) is 1. The van der Waals surface area contributed by atoms with Gasteiger partial charge >= 0.3 is 0 Å². The Hall–Kier alpha value is -3.46. The van der Waals surface area contributed by atoms with Gasteiger partial charge in [0.2, 0.25) is 11.8 Å². The lowest BCUT2D eigenvalue weighted by Crippen LogP contribution is -2.57. The molecule has 9 heteroatoms. The van der Waals surface area contributed by atoms with E-state index in [0.29, 0.717) is 22.8 Å². The first-order valence-electron chi connectivity index (χ1n) is 13.9. The topological polar surface area (TPSA) is 90.4 Å². The number of likely N-dealkylation sites (tertiary alicyclic amines) is 1. The molecule has 3 aliphatic rings. The number of carbonyl (C=O) groups is 3. The molecule has 0 radical (unpaired) electrons. The van der Waals surface area contributed by atoms with Gasteiger partial charge in [-0.3, -0.25) is 14.4 Å². The minimum absolute atomic E-state index is 0.0671. The van der Waals surface area contributed by atoms with E-state index in [9.17, 15) is 19.5 Å². The highest BCUT2D eigenvalue weighted by Crippen LogP contribution is 2.65. The number of hydrogen-bond acceptors (Lipinski definition) is 5. The first kappa shape index (κ1) is 29.0. The van der Waals surface area contributed by atoms with Crippen LogP contribution in [0.4, 0.5) is 11.4 Å². The third-order valence-electron chi connectivity index (χ3n) is 9.02. The third kappa shape index (κ3) is 4.40. The molecule has 3 amide bonds. The van der Waals surface area contributed by atoms with Gasteiger partial charge in [0.15, 0.2) is 0 Å². The maximum absolute atomic E-state index is 14.5. The number of carbonyl (C=O) groups excluding carboxylic acids is 3. The van der Waals surface area contributed by atoms with Crippen molar-refractivity contribution < 1.29 is 24.2 Å². The first-order valence-corrected chi connectivity index (χ1v) is 14.3. The van der Waals surface area contributed by atoms with E-state index in [-0.39, 0.29) is 44.0 Å². The molecule has 0 saturated carbocycles. The zero-order chi connectivity index (χ0) is 29.5. The van der Waals surface area contributed by atoms with Crippen molar-refractivity contribution in [2.75, 3.05) is 36.0 Å². The van der Waals surface area contributed by atoms with Crippen LogP contribution in [-0.2, 0) is 19.1 Å². The van der Waals surface area contributed by atoms with E-state index >= 15 is 0 Å². The summed E-state index contributed by atoms with van der Waals surface area (Å²) in [6.07, 6.45) is 3.66. The molecule has 0 aliphatic carbocycles. The number of anilines is 2. The molecule has 6 atom stereocenters. The largest absolute Gasteiger partial charge is 0.395 e. The maximum atomic E-state index is 14.5. The summed E-state index contributed by atoms with van der Waals surface area (Å²) in [5.74, 6) is -2.87. The molecule has 41 heavy (non-hydrogen) atoms. The molecule has 2 aromatic carbocycles. The Morgan fingerprint density at radius 1 is 1.07 bits per heavy atom. The summed E-state index contributed by atoms with van der Waals surface area (Å²) in [6, 6.07) is 15.2. The van der Waals surface area contributed by atoms with Gasteiger partial charge in [-0.05, 0) is 43.5 Å². The maximum Gasteiger partial charge on any atom is 0.253 e. The van der Waals surface area contributed by atoms with Crippen LogP contribution in [0.25, 0.3) is 0 Å². The number of amides is 3. The highest BCUT2D eigenvalue weighted by Gasteiger charge is 2.80. The molecule has 216 valence electrons. The highest BCUT2D eigenvalue weighted by molar-refractivity contribution is 6.34. The van der Waals surface area contributed by atoms with Crippen LogP contribution in [0.3, 0.4) is 0 Å². The Morgan fingerprint density at radius 2 is 1.71 bits per heavy atom. The summed E-state index contributed by atoms with van der Waals surface area (Å²) in [6.45, 7) is 11.5. The lowest BCUT2D eigenvalue weighted by molar-refractivity contribution is -0.146. The number of aliphatic hydroxyl groups is 1. The molecular formula is C32H36ClN3O5. The van der Waals surface area contributed by atoms with Crippen LogP contribution in [0.5, 0.6) is 0 Å². The molecule has 2 bridgehead atoms. The summed E-state index contributed by atoms with van der Waals surface area (Å²) >= 11 is 6.51. The minimum Gasteiger partial charge on any atom is -0.395 e. The number of benzene rings is 2. The Morgan fingerprint density at radius 3 is 2.34 bits per heavy atom. The van der Waals surface area contributed by atoms with E-state index < -0.39 is 35.0 Å². The van der Waals surface area contributed by atoms with Crippen molar-refractivity contribution in [3.05, 3.63) is 84.9 Å². The van der Waals surface area contributed by atoms with Crippen LogP contribution in [0.15, 0.2) is 79.9 Å². The van der Waals surface area contributed by atoms with E-state index in [4.69, 9.17) is 16.3 Å². The number of aliphatic hydroxyl groups excluding tert-OH is 1. The number of para-hydroxylation sites is 2. The SMILES string of the molecule is C=CCN(C(=O)[C@H]1[C@H]2C(=O)N(CCO)C(C(=O)N(CC=C)c3ccccc3Cl)C23CC(C)[C@]1(C)O3)c1ccccc1. The second-order valence-corrected chi connectivity index (χ2v) is 11.6. The Kier molecular flexibility index (Phi) is 7.85. The van der Waals surface area contributed by atoms with Crippen LogP contribution in [0.2, 0.25) is 5.02 Å². The second-order valence-electron chi connectivity index (χ2n) is 11.2. The molecule has 3 aliphatic heterocycles. The summed E-state index contributed by atoms with van der Waals surface area (Å²) in [4.78, 5) is 47.8. The summed E-state index contributed by atoms with van der Waals surface area (Å²) in [5, 5.41) is 10.4. The highest BCUT2D eigenvalue weighted by atomic mass is 35.5. The molecule has 8 nitrogen and oxygen atoms in total. The average Bonchev–Trinajstić information content (AvgIpc) is 3.47. The van der Waals surface area contributed by atoms with E-state index in [1.54, 1.807) is 41.3 Å². The Balaban J connectivity index is 1.62. The molecule has 3 fully saturated rings. The predicted octanol–water partition coefficient (Wildman–Crippen LogP) is 4.08. The fourth-order valence-electron chi connectivity index (χ4n) is 7.22. The molecule has 0 aromatic heterocycles. The number of fused-ring (bicyclic) bond motifs is 1. The molecular weight excluding hydrogens is 542 g/mol. The van der Waals surface area contributed by atoms with Gasteiger partial charge in [0.1, 0.15) is 11.6 Å². The van der Waals surface area contributed by atoms with Gasteiger partial charge < -0.3 is 24.5 Å². The van der Waals surface area contributed by atoms with Crippen molar-refractivity contribution >= 4 is 40.7 Å².